The average Bonchev–Trinajstić information content (AvgIpc) is 3.04. The minimum Gasteiger partial charge on any atom is -0.486 e. The minimum absolute atomic E-state index is 0.180. The second kappa shape index (κ2) is 6.37. The maximum atomic E-state index is 12.3. The Morgan fingerprint density at radius 2 is 2.05 bits per heavy atom. The van der Waals surface area contributed by atoms with Crippen LogP contribution in [0.25, 0.3) is 0 Å². The Labute approximate surface area is 128 Å². The van der Waals surface area contributed by atoms with Crippen LogP contribution in [0.5, 0.6) is 11.5 Å². The monoisotopic (exact) mass is 323 g/mol. The van der Waals surface area contributed by atoms with Gasteiger partial charge in [-0.25, -0.2) is 18.1 Å². The molecule has 0 unspecified atom stereocenters. The maximum absolute atomic E-state index is 12.3. The molecule has 0 fully saturated rings. The van der Waals surface area contributed by atoms with E-state index in [2.05, 4.69) is 9.71 Å². The molecule has 22 heavy (non-hydrogen) atoms. The molecule has 1 aliphatic heterocycles. The molecule has 1 N–H and O–H groups in total. The molecule has 0 atom stereocenters. The Morgan fingerprint density at radius 1 is 1.23 bits per heavy atom. The first-order valence-corrected chi connectivity index (χ1v) is 8.48. The predicted molar refractivity (Wildman–Crippen MR) is 79.5 cm³/mol. The molecule has 7 nitrogen and oxygen atoms in total. The molecular formula is C14H17N3O4S. The van der Waals surface area contributed by atoms with E-state index in [1.807, 2.05) is 10.8 Å². The largest absolute Gasteiger partial charge is 0.486 e. The van der Waals surface area contributed by atoms with Gasteiger partial charge in [0, 0.05) is 31.5 Å². The highest BCUT2D eigenvalue weighted by molar-refractivity contribution is 7.89. The summed E-state index contributed by atoms with van der Waals surface area (Å²) >= 11 is 0. The first kappa shape index (κ1) is 14.9. The zero-order valence-corrected chi connectivity index (χ0v) is 12.8. The molecule has 0 saturated carbocycles. The zero-order chi connectivity index (χ0) is 15.4. The Morgan fingerprint density at radius 3 is 2.82 bits per heavy atom. The van der Waals surface area contributed by atoms with E-state index in [-0.39, 0.29) is 4.90 Å². The summed E-state index contributed by atoms with van der Waals surface area (Å²) in [5, 5.41) is 0. The summed E-state index contributed by atoms with van der Waals surface area (Å²) < 4.78 is 39.8. The van der Waals surface area contributed by atoms with Gasteiger partial charge in [-0.2, -0.15) is 0 Å². The Kier molecular flexibility index (Phi) is 4.30. The first-order valence-electron chi connectivity index (χ1n) is 7.00. The van der Waals surface area contributed by atoms with Crippen molar-refractivity contribution in [1.29, 1.82) is 0 Å². The lowest BCUT2D eigenvalue weighted by atomic mass is 10.3. The summed E-state index contributed by atoms with van der Waals surface area (Å²) in [7, 11) is -3.55. The fraction of sp³-hybridized carbons (Fsp3) is 0.357. The molecule has 0 aliphatic carbocycles. The number of imidazole rings is 1. The summed E-state index contributed by atoms with van der Waals surface area (Å²) in [5.74, 6) is 1.04. The molecule has 118 valence electrons. The van der Waals surface area contributed by atoms with Gasteiger partial charge in [0.05, 0.1) is 11.2 Å². The van der Waals surface area contributed by atoms with E-state index in [4.69, 9.17) is 9.47 Å². The van der Waals surface area contributed by atoms with Crippen LogP contribution >= 0.6 is 0 Å². The molecule has 3 rings (SSSR count). The average molecular weight is 323 g/mol. The molecule has 1 aliphatic rings. The predicted octanol–water partition coefficient (Wildman–Crippen LogP) is 1.02. The number of fused-ring (bicyclic) bond motifs is 1. The zero-order valence-electron chi connectivity index (χ0n) is 11.9. The second-order valence-corrected chi connectivity index (χ2v) is 6.62. The van der Waals surface area contributed by atoms with E-state index in [9.17, 15) is 8.42 Å². The molecule has 0 bridgehead atoms. The van der Waals surface area contributed by atoms with Gasteiger partial charge >= 0.3 is 0 Å². The van der Waals surface area contributed by atoms with E-state index < -0.39 is 10.0 Å². The molecule has 0 saturated heterocycles. The first-order chi connectivity index (χ1) is 10.6. The van der Waals surface area contributed by atoms with Gasteiger partial charge in [-0.15, -0.1) is 0 Å². The summed E-state index contributed by atoms with van der Waals surface area (Å²) in [6, 6.07) is 4.63. The molecule has 1 aromatic heterocycles. The van der Waals surface area contributed by atoms with Crippen molar-refractivity contribution in [2.75, 3.05) is 19.8 Å². The number of aromatic nitrogens is 2. The highest BCUT2D eigenvalue weighted by Gasteiger charge is 2.18. The van der Waals surface area contributed by atoms with Crippen LogP contribution in [0, 0.1) is 0 Å². The summed E-state index contributed by atoms with van der Waals surface area (Å²) in [4.78, 5) is 4.12. The third-order valence-electron chi connectivity index (χ3n) is 3.27. The Hall–Kier alpha value is -2.06. The topological polar surface area (TPSA) is 82.5 Å². The van der Waals surface area contributed by atoms with E-state index in [1.54, 1.807) is 18.6 Å². The van der Waals surface area contributed by atoms with Crippen molar-refractivity contribution in [3.8, 4) is 11.5 Å². The van der Waals surface area contributed by atoms with Crippen LogP contribution in [-0.2, 0) is 16.6 Å². The normalized spacial score (nSPS) is 14.0. The summed E-state index contributed by atoms with van der Waals surface area (Å²) in [6.45, 7) is 1.97. The van der Waals surface area contributed by atoms with Gasteiger partial charge in [-0.1, -0.05) is 0 Å². The van der Waals surface area contributed by atoms with Gasteiger partial charge in [0.15, 0.2) is 11.5 Å². The van der Waals surface area contributed by atoms with Crippen LogP contribution in [0.2, 0.25) is 0 Å². The molecule has 2 heterocycles. The number of aryl methyl sites for hydroxylation is 1. The fourth-order valence-corrected chi connectivity index (χ4v) is 3.25. The van der Waals surface area contributed by atoms with Crippen LogP contribution in [0.3, 0.4) is 0 Å². The van der Waals surface area contributed by atoms with Crippen LogP contribution in [0.4, 0.5) is 0 Å². The van der Waals surface area contributed by atoms with Gasteiger partial charge in [-0.05, 0) is 18.6 Å². The molecular weight excluding hydrogens is 306 g/mol. The number of rotatable bonds is 6. The van der Waals surface area contributed by atoms with E-state index in [0.29, 0.717) is 44.2 Å². The standard InChI is InChI=1S/C14H17N3O4S/c18-22(19,16-4-1-6-17-7-5-15-11-17)12-2-3-13-14(10-12)21-9-8-20-13/h2-3,5,7,10-11,16H,1,4,6,8-9H2. The quantitative estimate of drug-likeness (QED) is 0.803. The van der Waals surface area contributed by atoms with Crippen molar-refractivity contribution in [2.24, 2.45) is 0 Å². The smallest absolute Gasteiger partial charge is 0.240 e. The molecule has 8 heteroatoms. The van der Waals surface area contributed by atoms with E-state index in [1.165, 1.54) is 12.1 Å². The third-order valence-corrected chi connectivity index (χ3v) is 4.73. The SMILES string of the molecule is O=S(=O)(NCCCn1ccnc1)c1ccc2c(c1)OCCO2. The maximum Gasteiger partial charge on any atom is 0.240 e. The van der Waals surface area contributed by atoms with Crippen molar-refractivity contribution >= 4 is 10.0 Å². The number of nitrogens with one attached hydrogen (secondary N) is 1. The lowest BCUT2D eigenvalue weighted by Crippen LogP contribution is -2.26. The van der Waals surface area contributed by atoms with Gasteiger partial charge in [0.2, 0.25) is 10.0 Å². The number of sulfonamides is 1. The fourth-order valence-electron chi connectivity index (χ4n) is 2.16. The Bertz CT molecular complexity index is 729. The van der Waals surface area contributed by atoms with E-state index >= 15 is 0 Å². The molecule has 1 aromatic carbocycles. The summed E-state index contributed by atoms with van der Waals surface area (Å²) in [6.07, 6.45) is 5.92. The van der Waals surface area contributed by atoms with Crippen molar-refractivity contribution < 1.29 is 17.9 Å². The Balaban J connectivity index is 1.60. The highest BCUT2D eigenvalue weighted by Crippen LogP contribution is 2.32. The van der Waals surface area contributed by atoms with Crippen LogP contribution in [0.1, 0.15) is 6.42 Å². The van der Waals surface area contributed by atoms with Gasteiger partial charge in [0.1, 0.15) is 13.2 Å². The van der Waals surface area contributed by atoms with Crippen molar-refractivity contribution in [1.82, 2.24) is 14.3 Å². The summed E-state index contributed by atoms with van der Waals surface area (Å²) in [5.41, 5.74) is 0. The van der Waals surface area contributed by atoms with Gasteiger partial charge in [-0.3, -0.25) is 0 Å². The van der Waals surface area contributed by atoms with Crippen LogP contribution < -0.4 is 14.2 Å². The molecule has 2 aromatic rings. The molecule has 0 amide bonds. The number of hydrogen-bond acceptors (Lipinski definition) is 5. The highest BCUT2D eigenvalue weighted by atomic mass is 32.2. The van der Waals surface area contributed by atoms with Gasteiger partial charge < -0.3 is 14.0 Å². The lowest BCUT2D eigenvalue weighted by molar-refractivity contribution is 0.171. The van der Waals surface area contributed by atoms with Crippen molar-refractivity contribution in [2.45, 2.75) is 17.9 Å². The van der Waals surface area contributed by atoms with Gasteiger partial charge in [0.25, 0.3) is 0 Å². The van der Waals surface area contributed by atoms with Crippen molar-refractivity contribution in [3.63, 3.8) is 0 Å². The number of nitrogens with zero attached hydrogens (tertiary/aromatic N) is 2. The molecule has 0 spiro atoms. The minimum atomic E-state index is -3.55. The number of benzene rings is 1. The number of ether oxygens (including phenoxy) is 2. The van der Waals surface area contributed by atoms with Crippen LogP contribution in [-0.4, -0.2) is 37.7 Å². The van der Waals surface area contributed by atoms with E-state index in [0.717, 1.165) is 0 Å². The molecule has 0 radical (unpaired) electrons. The van der Waals surface area contributed by atoms with Crippen LogP contribution in [0.15, 0.2) is 41.8 Å². The second-order valence-electron chi connectivity index (χ2n) is 4.86. The lowest BCUT2D eigenvalue weighted by Gasteiger charge is -2.18. The third kappa shape index (κ3) is 3.40. The van der Waals surface area contributed by atoms with Crippen molar-refractivity contribution in [3.05, 3.63) is 36.9 Å². The number of hydrogen-bond donors (Lipinski definition) is 1.